The van der Waals surface area contributed by atoms with Crippen LogP contribution in [0.15, 0.2) is 84.6 Å². The maximum absolute atomic E-state index is 13.9. The number of rotatable bonds is 4. The minimum Gasteiger partial charge on any atom is -0.497 e. The van der Waals surface area contributed by atoms with Gasteiger partial charge in [0.1, 0.15) is 11.5 Å². The van der Waals surface area contributed by atoms with Crippen LogP contribution in [0.5, 0.6) is 11.5 Å². The summed E-state index contributed by atoms with van der Waals surface area (Å²) in [5.74, 6) is 1.71. The van der Waals surface area contributed by atoms with Gasteiger partial charge in [0.2, 0.25) is 0 Å². The van der Waals surface area contributed by atoms with Crippen LogP contribution in [0.3, 0.4) is 0 Å². The molecule has 2 heterocycles. The van der Waals surface area contributed by atoms with Crippen molar-refractivity contribution in [3.63, 3.8) is 0 Å². The van der Waals surface area contributed by atoms with E-state index in [1.807, 2.05) is 54.7 Å². The van der Waals surface area contributed by atoms with Crippen molar-refractivity contribution in [3.8, 4) is 11.5 Å². The van der Waals surface area contributed by atoms with Crippen molar-refractivity contribution >= 4 is 27.9 Å². The monoisotopic (exact) mass is 462 g/mol. The number of aromatic nitrogens is 1. The lowest BCUT2D eigenvalue weighted by Gasteiger charge is -2.37. The Morgan fingerprint density at radius 1 is 0.914 bits per heavy atom. The fraction of sp³-hybridized carbons (Fsp3) is 0.200. The fourth-order valence-corrected chi connectivity index (χ4v) is 5.58. The number of carbonyl (C=O) groups excluding carboxylic acids is 1. The predicted octanol–water partition coefficient (Wildman–Crippen LogP) is 6.32. The lowest BCUT2D eigenvalue weighted by molar-refractivity contribution is -0.116. The number of methoxy groups -OCH3 is 2. The van der Waals surface area contributed by atoms with Crippen LogP contribution in [0.2, 0.25) is 0 Å². The van der Waals surface area contributed by atoms with Gasteiger partial charge in [-0.25, -0.2) is 0 Å². The molecule has 4 aromatic rings. The summed E-state index contributed by atoms with van der Waals surface area (Å²) in [5, 5.41) is 4.74. The molecule has 35 heavy (non-hydrogen) atoms. The molecule has 3 aromatic carbocycles. The second-order valence-electron chi connectivity index (χ2n) is 9.07. The topological polar surface area (TPSA) is 60.5 Å². The molecular weight excluding hydrogens is 436 g/mol. The number of fused-ring (bicyclic) bond motifs is 4. The number of anilines is 1. The molecule has 5 nitrogen and oxygen atoms in total. The summed E-state index contributed by atoms with van der Waals surface area (Å²) in [7, 11) is 3.29. The molecule has 0 radical (unpaired) electrons. The van der Waals surface area contributed by atoms with E-state index in [4.69, 9.17) is 9.47 Å². The molecule has 1 N–H and O–H groups in total. The molecule has 0 fully saturated rings. The summed E-state index contributed by atoms with van der Waals surface area (Å²) in [6, 6.07) is 24.0. The first kappa shape index (κ1) is 21.4. The Bertz CT molecular complexity index is 1480. The Balaban J connectivity index is 1.58. The summed E-state index contributed by atoms with van der Waals surface area (Å²) < 4.78 is 11.1. The summed E-state index contributed by atoms with van der Waals surface area (Å²) in [6.45, 7) is 0. The van der Waals surface area contributed by atoms with Crippen LogP contribution in [0, 0.1) is 0 Å². The standard InChI is InChI=1S/C30H26N2O3/c1-34-20-10-11-22(27(17-20)35-2)30-29-23(15-19(16-26(29)33)18-7-4-3-5-8-18)28-21-9-6-14-31-24(21)12-13-25(28)32-30/h3-14,17,19,30,32H,15-16H2,1-2H3. The summed E-state index contributed by atoms with van der Waals surface area (Å²) in [6.07, 6.45) is 3.09. The summed E-state index contributed by atoms with van der Waals surface area (Å²) >= 11 is 0. The first-order chi connectivity index (χ1) is 17.2. The highest BCUT2D eigenvalue weighted by Crippen LogP contribution is 2.52. The van der Waals surface area contributed by atoms with E-state index in [9.17, 15) is 4.79 Å². The molecule has 2 aliphatic rings. The first-order valence-electron chi connectivity index (χ1n) is 11.9. The zero-order valence-corrected chi connectivity index (χ0v) is 19.7. The van der Waals surface area contributed by atoms with Gasteiger partial charge in [-0.3, -0.25) is 9.78 Å². The number of Topliss-reactive ketones (excluding diaryl/α,β-unsaturated/α-hetero) is 1. The number of ether oxygens (including phenoxy) is 2. The SMILES string of the molecule is COc1ccc(C2Nc3ccc4ncccc4c3C3=C2C(=O)CC(c2ccccc2)C3)c(OC)c1. The molecule has 2 atom stereocenters. The number of ketones is 1. The molecule has 0 amide bonds. The molecule has 174 valence electrons. The highest BCUT2D eigenvalue weighted by Gasteiger charge is 2.39. The number of allylic oxidation sites excluding steroid dienone is 1. The van der Waals surface area contributed by atoms with E-state index in [0.717, 1.165) is 45.3 Å². The number of hydrogen-bond acceptors (Lipinski definition) is 5. The van der Waals surface area contributed by atoms with Crippen LogP contribution >= 0.6 is 0 Å². The van der Waals surface area contributed by atoms with Crippen LogP contribution in [0.4, 0.5) is 5.69 Å². The van der Waals surface area contributed by atoms with Gasteiger partial charge in [-0.05, 0) is 53.8 Å². The van der Waals surface area contributed by atoms with Crippen molar-refractivity contribution in [2.24, 2.45) is 0 Å². The van der Waals surface area contributed by atoms with E-state index in [1.165, 1.54) is 5.56 Å². The van der Waals surface area contributed by atoms with Crippen molar-refractivity contribution < 1.29 is 14.3 Å². The van der Waals surface area contributed by atoms with E-state index < -0.39 is 0 Å². The van der Waals surface area contributed by atoms with Crippen LogP contribution in [-0.2, 0) is 4.79 Å². The third-order valence-electron chi connectivity index (χ3n) is 7.21. The molecule has 1 aromatic heterocycles. The van der Waals surface area contributed by atoms with Gasteiger partial charge in [-0.2, -0.15) is 0 Å². The van der Waals surface area contributed by atoms with Crippen molar-refractivity contribution in [1.29, 1.82) is 0 Å². The van der Waals surface area contributed by atoms with E-state index >= 15 is 0 Å². The lowest BCUT2D eigenvalue weighted by Crippen LogP contribution is -2.30. The van der Waals surface area contributed by atoms with Gasteiger partial charge in [0.15, 0.2) is 5.78 Å². The highest BCUT2D eigenvalue weighted by molar-refractivity contribution is 6.12. The minimum atomic E-state index is -0.309. The maximum atomic E-state index is 13.9. The van der Waals surface area contributed by atoms with Gasteiger partial charge in [-0.15, -0.1) is 0 Å². The Kier molecular flexibility index (Phi) is 5.25. The number of benzene rings is 3. The van der Waals surface area contributed by atoms with E-state index in [-0.39, 0.29) is 17.7 Å². The molecule has 1 aliphatic carbocycles. The van der Waals surface area contributed by atoms with Gasteiger partial charge in [0.25, 0.3) is 0 Å². The number of nitrogens with one attached hydrogen (secondary N) is 1. The summed E-state index contributed by atoms with van der Waals surface area (Å²) in [4.78, 5) is 18.5. The van der Waals surface area contributed by atoms with Gasteiger partial charge in [-0.1, -0.05) is 36.4 Å². The Morgan fingerprint density at radius 3 is 2.57 bits per heavy atom. The number of hydrogen-bond donors (Lipinski definition) is 1. The summed E-state index contributed by atoms with van der Waals surface area (Å²) in [5.41, 5.74) is 7.06. The Labute approximate surface area is 204 Å². The minimum absolute atomic E-state index is 0.138. The number of pyridine rings is 1. The molecule has 5 heteroatoms. The first-order valence-corrected chi connectivity index (χ1v) is 11.9. The van der Waals surface area contributed by atoms with Crippen molar-refractivity contribution in [2.45, 2.75) is 24.8 Å². The van der Waals surface area contributed by atoms with Crippen molar-refractivity contribution in [3.05, 3.63) is 101 Å². The van der Waals surface area contributed by atoms with Crippen LogP contribution < -0.4 is 14.8 Å². The third kappa shape index (κ3) is 3.55. The predicted molar refractivity (Wildman–Crippen MR) is 138 cm³/mol. The van der Waals surface area contributed by atoms with E-state index in [1.54, 1.807) is 14.2 Å². The second-order valence-corrected chi connectivity index (χ2v) is 9.07. The second kappa shape index (κ2) is 8.58. The fourth-order valence-electron chi connectivity index (χ4n) is 5.58. The zero-order chi connectivity index (χ0) is 23.9. The van der Waals surface area contributed by atoms with E-state index in [0.29, 0.717) is 17.9 Å². The normalized spacial score (nSPS) is 19.1. The molecule has 2 unspecified atom stereocenters. The van der Waals surface area contributed by atoms with Gasteiger partial charge in [0, 0.05) is 46.5 Å². The van der Waals surface area contributed by atoms with Crippen LogP contribution in [-0.4, -0.2) is 25.0 Å². The molecule has 0 bridgehead atoms. The third-order valence-corrected chi connectivity index (χ3v) is 7.21. The number of nitrogens with zero attached hydrogens (tertiary/aromatic N) is 1. The smallest absolute Gasteiger partial charge is 0.162 e. The highest BCUT2D eigenvalue weighted by atomic mass is 16.5. The van der Waals surface area contributed by atoms with Gasteiger partial charge < -0.3 is 14.8 Å². The lowest BCUT2D eigenvalue weighted by atomic mass is 9.71. The molecule has 0 saturated carbocycles. The number of carbonyl (C=O) groups is 1. The van der Waals surface area contributed by atoms with Crippen molar-refractivity contribution in [2.75, 3.05) is 19.5 Å². The molecule has 1 aliphatic heterocycles. The van der Waals surface area contributed by atoms with Crippen LogP contribution in [0.25, 0.3) is 16.5 Å². The van der Waals surface area contributed by atoms with Crippen molar-refractivity contribution in [1.82, 2.24) is 4.98 Å². The Hall–Kier alpha value is -4.12. The van der Waals surface area contributed by atoms with Crippen LogP contribution in [0.1, 0.15) is 41.5 Å². The largest absolute Gasteiger partial charge is 0.497 e. The van der Waals surface area contributed by atoms with Gasteiger partial charge in [0.05, 0.1) is 25.8 Å². The average Bonchev–Trinajstić information content (AvgIpc) is 2.92. The molecule has 6 rings (SSSR count). The molecule has 0 saturated heterocycles. The van der Waals surface area contributed by atoms with E-state index in [2.05, 4.69) is 34.6 Å². The maximum Gasteiger partial charge on any atom is 0.162 e. The zero-order valence-electron chi connectivity index (χ0n) is 19.7. The Morgan fingerprint density at radius 2 is 1.77 bits per heavy atom. The van der Waals surface area contributed by atoms with Gasteiger partial charge >= 0.3 is 0 Å². The quantitative estimate of drug-likeness (QED) is 0.385. The molecule has 0 spiro atoms. The average molecular weight is 463 g/mol. The molecular formula is C30H26N2O3.